The minimum atomic E-state index is -0.646. The normalized spacial score (nSPS) is 11.2. The van der Waals surface area contributed by atoms with E-state index in [0.717, 1.165) is 17.1 Å². The Morgan fingerprint density at radius 2 is 2.00 bits per heavy atom. The lowest BCUT2D eigenvalue weighted by atomic mass is 10.1. The quantitative estimate of drug-likeness (QED) is 0.739. The molecule has 120 valence electrons. The van der Waals surface area contributed by atoms with Crippen LogP contribution in [0, 0.1) is 0 Å². The summed E-state index contributed by atoms with van der Waals surface area (Å²) in [6.45, 7) is 0.675. The molecule has 0 radical (unpaired) electrons. The summed E-state index contributed by atoms with van der Waals surface area (Å²) in [5.41, 5.74) is 6.59. The molecule has 3 N–H and O–H groups in total. The SMILES string of the molecule is COCC(N)C(=O)NCCc1cc(OC)ccc1OC.Cl. The number of hydrogen-bond donors (Lipinski definition) is 2. The van der Waals surface area contributed by atoms with E-state index in [1.807, 2.05) is 18.2 Å². The number of amides is 1. The van der Waals surface area contributed by atoms with Gasteiger partial charge in [-0.25, -0.2) is 0 Å². The number of nitrogens with two attached hydrogens (primary N) is 1. The van der Waals surface area contributed by atoms with Gasteiger partial charge in [0.25, 0.3) is 0 Å². The summed E-state index contributed by atoms with van der Waals surface area (Å²) in [4.78, 5) is 11.6. The van der Waals surface area contributed by atoms with Gasteiger partial charge in [0.2, 0.25) is 5.91 Å². The lowest BCUT2D eigenvalue weighted by molar-refractivity contribution is -0.123. The van der Waals surface area contributed by atoms with Crippen LogP contribution in [0.2, 0.25) is 0 Å². The number of ether oxygens (including phenoxy) is 3. The largest absolute Gasteiger partial charge is 0.497 e. The number of methoxy groups -OCH3 is 3. The Balaban J connectivity index is 0.00000400. The zero-order valence-corrected chi connectivity index (χ0v) is 13.4. The Kier molecular flexibility index (Phi) is 9.53. The second-order valence-corrected chi connectivity index (χ2v) is 4.28. The molecule has 1 atom stereocenters. The molecule has 0 saturated heterocycles. The Hall–Kier alpha value is -1.50. The topological polar surface area (TPSA) is 82.8 Å². The lowest BCUT2D eigenvalue weighted by Gasteiger charge is -2.13. The van der Waals surface area contributed by atoms with E-state index in [2.05, 4.69) is 5.32 Å². The van der Waals surface area contributed by atoms with E-state index >= 15 is 0 Å². The van der Waals surface area contributed by atoms with Gasteiger partial charge < -0.3 is 25.3 Å². The van der Waals surface area contributed by atoms with Crippen molar-refractivity contribution in [1.29, 1.82) is 0 Å². The van der Waals surface area contributed by atoms with Gasteiger partial charge in [-0.05, 0) is 30.2 Å². The molecule has 0 aliphatic carbocycles. The molecule has 1 amide bonds. The van der Waals surface area contributed by atoms with Gasteiger partial charge in [-0.3, -0.25) is 4.79 Å². The molecule has 0 aliphatic heterocycles. The predicted octanol–water partition coefficient (Wildman–Crippen LogP) is 0.758. The molecule has 0 spiro atoms. The molecule has 7 heteroatoms. The number of carbonyl (C=O) groups is 1. The van der Waals surface area contributed by atoms with Crippen molar-refractivity contribution in [3.05, 3.63) is 23.8 Å². The van der Waals surface area contributed by atoms with Gasteiger partial charge in [0, 0.05) is 13.7 Å². The molecule has 0 aliphatic rings. The third-order valence-corrected chi connectivity index (χ3v) is 2.86. The maximum absolute atomic E-state index is 11.6. The summed E-state index contributed by atoms with van der Waals surface area (Å²) < 4.78 is 15.3. The third kappa shape index (κ3) is 6.20. The molecule has 0 bridgehead atoms. The van der Waals surface area contributed by atoms with Crippen LogP contribution in [0.3, 0.4) is 0 Å². The van der Waals surface area contributed by atoms with Crippen LogP contribution in [0.5, 0.6) is 11.5 Å². The van der Waals surface area contributed by atoms with E-state index in [1.165, 1.54) is 7.11 Å². The number of rotatable bonds is 8. The van der Waals surface area contributed by atoms with Crippen LogP contribution in [0.15, 0.2) is 18.2 Å². The molecule has 0 fully saturated rings. The monoisotopic (exact) mass is 318 g/mol. The van der Waals surface area contributed by atoms with Crippen LogP contribution >= 0.6 is 12.4 Å². The number of benzene rings is 1. The summed E-state index contributed by atoms with van der Waals surface area (Å²) >= 11 is 0. The Labute approximate surface area is 131 Å². The number of hydrogen-bond acceptors (Lipinski definition) is 5. The van der Waals surface area contributed by atoms with Crippen molar-refractivity contribution < 1.29 is 19.0 Å². The molecular formula is C14H23ClN2O4. The van der Waals surface area contributed by atoms with Crippen molar-refractivity contribution in [2.24, 2.45) is 5.73 Å². The molecule has 1 unspecified atom stereocenters. The first kappa shape index (κ1) is 19.5. The summed E-state index contributed by atoms with van der Waals surface area (Å²) in [7, 11) is 4.73. The van der Waals surface area contributed by atoms with Gasteiger partial charge in [0.1, 0.15) is 17.5 Å². The van der Waals surface area contributed by atoms with Crippen LogP contribution in [-0.4, -0.2) is 46.4 Å². The van der Waals surface area contributed by atoms with E-state index in [0.29, 0.717) is 13.0 Å². The smallest absolute Gasteiger partial charge is 0.239 e. The first-order valence-electron chi connectivity index (χ1n) is 6.35. The van der Waals surface area contributed by atoms with Crippen molar-refractivity contribution in [2.45, 2.75) is 12.5 Å². The first-order chi connectivity index (χ1) is 9.62. The van der Waals surface area contributed by atoms with Crippen molar-refractivity contribution >= 4 is 18.3 Å². The Morgan fingerprint density at radius 3 is 2.57 bits per heavy atom. The van der Waals surface area contributed by atoms with E-state index < -0.39 is 6.04 Å². The molecule has 0 saturated carbocycles. The summed E-state index contributed by atoms with van der Waals surface area (Å²) in [6, 6.07) is 4.91. The van der Waals surface area contributed by atoms with Gasteiger partial charge in [-0.2, -0.15) is 0 Å². The fraction of sp³-hybridized carbons (Fsp3) is 0.500. The maximum Gasteiger partial charge on any atom is 0.239 e. The first-order valence-corrected chi connectivity index (χ1v) is 6.35. The Morgan fingerprint density at radius 1 is 1.29 bits per heavy atom. The highest BCUT2D eigenvalue weighted by Crippen LogP contribution is 2.24. The van der Waals surface area contributed by atoms with Crippen LogP contribution in [0.1, 0.15) is 5.56 Å². The number of nitrogens with one attached hydrogen (secondary N) is 1. The zero-order chi connectivity index (χ0) is 15.0. The van der Waals surface area contributed by atoms with Crippen LogP contribution < -0.4 is 20.5 Å². The van der Waals surface area contributed by atoms with Crippen LogP contribution in [0.25, 0.3) is 0 Å². The molecule has 1 rings (SSSR count). The van der Waals surface area contributed by atoms with Gasteiger partial charge >= 0.3 is 0 Å². The summed E-state index contributed by atoms with van der Waals surface area (Å²) in [6.07, 6.45) is 0.631. The van der Waals surface area contributed by atoms with E-state index in [9.17, 15) is 4.79 Å². The molecule has 0 aromatic heterocycles. The molecular weight excluding hydrogens is 296 g/mol. The maximum atomic E-state index is 11.6. The highest BCUT2D eigenvalue weighted by Gasteiger charge is 2.12. The number of carbonyl (C=O) groups excluding carboxylic acids is 1. The summed E-state index contributed by atoms with van der Waals surface area (Å²) in [5.74, 6) is 1.29. The molecule has 0 heterocycles. The van der Waals surface area contributed by atoms with E-state index in [-0.39, 0.29) is 24.9 Å². The molecule has 21 heavy (non-hydrogen) atoms. The average molecular weight is 319 g/mol. The van der Waals surface area contributed by atoms with Gasteiger partial charge in [0.15, 0.2) is 0 Å². The lowest BCUT2D eigenvalue weighted by Crippen LogP contribution is -2.44. The van der Waals surface area contributed by atoms with Gasteiger partial charge in [-0.1, -0.05) is 0 Å². The predicted molar refractivity (Wildman–Crippen MR) is 83.4 cm³/mol. The molecule has 1 aromatic rings. The van der Waals surface area contributed by atoms with Crippen LogP contribution in [-0.2, 0) is 16.0 Å². The minimum absolute atomic E-state index is 0. The van der Waals surface area contributed by atoms with Crippen molar-refractivity contribution in [1.82, 2.24) is 5.32 Å². The van der Waals surface area contributed by atoms with Crippen molar-refractivity contribution in [3.8, 4) is 11.5 Å². The highest BCUT2D eigenvalue weighted by molar-refractivity contribution is 5.85. The van der Waals surface area contributed by atoms with Gasteiger partial charge in [-0.15, -0.1) is 12.4 Å². The third-order valence-electron chi connectivity index (χ3n) is 2.86. The standard InChI is InChI=1S/C14H22N2O4.ClH/c1-18-9-12(15)14(17)16-7-6-10-8-11(19-2)4-5-13(10)20-3;/h4-5,8,12H,6-7,9,15H2,1-3H3,(H,16,17);1H. The molecule has 1 aromatic carbocycles. The number of halogens is 1. The summed E-state index contributed by atoms with van der Waals surface area (Å²) in [5, 5.41) is 2.76. The average Bonchev–Trinajstić information content (AvgIpc) is 2.47. The zero-order valence-electron chi connectivity index (χ0n) is 12.5. The minimum Gasteiger partial charge on any atom is -0.497 e. The second-order valence-electron chi connectivity index (χ2n) is 4.28. The fourth-order valence-electron chi connectivity index (χ4n) is 1.78. The fourth-order valence-corrected chi connectivity index (χ4v) is 1.78. The second kappa shape index (κ2) is 10.3. The highest BCUT2D eigenvalue weighted by atomic mass is 35.5. The molecule has 6 nitrogen and oxygen atoms in total. The van der Waals surface area contributed by atoms with Crippen molar-refractivity contribution in [2.75, 3.05) is 34.5 Å². The van der Waals surface area contributed by atoms with Crippen LogP contribution in [0.4, 0.5) is 0 Å². The Bertz CT molecular complexity index is 443. The van der Waals surface area contributed by atoms with E-state index in [4.69, 9.17) is 19.9 Å². The van der Waals surface area contributed by atoms with Crippen molar-refractivity contribution in [3.63, 3.8) is 0 Å². The van der Waals surface area contributed by atoms with Gasteiger partial charge in [0.05, 0.1) is 20.8 Å². The van der Waals surface area contributed by atoms with E-state index in [1.54, 1.807) is 14.2 Å².